The first-order chi connectivity index (χ1) is 11.3. The number of aromatic nitrogens is 3. The zero-order chi connectivity index (χ0) is 16.2. The van der Waals surface area contributed by atoms with E-state index in [0.717, 1.165) is 28.6 Å². The summed E-state index contributed by atoms with van der Waals surface area (Å²) in [5.74, 6) is 1.99. The number of nitrogens with two attached hydrogens (primary N) is 1. The molecule has 1 aromatic carbocycles. The number of benzene rings is 1. The van der Waals surface area contributed by atoms with E-state index in [-0.39, 0.29) is 0 Å². The minimum absolute atomic E-state index is 0.418. The second kappa shape index (κ2) is 7.00. The van der Waals surface area contributed by atoms with Gasteiger partial charge in [-0.1, -0.05) is 11.6 Å². The molecule has 0 amide bonds. The molecule has 1 aliphatic rings. The molecule has 1 fully saturated rings. The fourth-order valence-electron chi connectivity index (χ4n) is 2.92. The predicted molar refractivity (Wildman–Crippen MR) is 88.2 cm³/mol. The largest absolute Gasteiger partial charge is 0.490 e. The molecule has 0 atom stereocenters. The summed E-state index contributed by atoms with van der Waals surface area (Å²) in [7, 11) is 0. The maximum Gasteiger partial charge on any atom is 0.163 e. The molecule has 0 unspecified atom stereocenters. The minimum Gasteiger partial charge on any atom is -0.490 e. The van der Waals surface area contributed by atoms with Gasteiger partial charge >= 0.3 is 0 Å². The Kier molecular flexibility index (Phi) is 4.81. The lowest BCUT2D eigenvalue weighted by Crippen LogP contribution is -2.17. The van der Waals surface area contributed by atoms with Crippen LogP contribution in [0.25, 0.3) is 5.69 Å². The molecule has 1 aliphatic carbocycles. The molecule has 0 radical (unpaired) electrons. The van der Waals surface area contributed by atoms with Gasteiger partial charge in [0.25, 0.3) is 0 Å². The van der Waals surface area contributed by atoms with E-state index in [1.807, 2.05) is 36.7 Å². The summed E-state index contributed by atoms with van der Waals surface area (Å²) < 4.78 is 13.2. The van der Waals surface area contributed by atoms with Crippen LogP contribution in [0.2, 0.25) is 0 Å². The summed E-state index contributed by atoms with van der Waals surface area (Å²) in [4.78, 5) is 0. The zero-order valence-corrected chi connectivity index (χ0v) is 13.8. The van der Waals surface area contributed by atoms with Crippen molar-refractivity contribution in [3.63, 3.8) is 0 Å². The van der Waals surface area contributed by atoms with E-state index in [0.29, 0.717) is 25.7 Å². The van der Waals surface area contributed by atoms with Crippen molar-refractivity contribution in [3.8, 4) is 17.2 Å². The lowest BCUT2D eigenvalue weighted by atomic mass is 9.82. The SMILES string of the molecule is CCOc1ccc(-n2nnc(CN)c2C2CCC2)cc1OCC. The Morgan fingerprint density at radius 2 is 1.91 bits per heavy atom. The molecule has 0 spiro atoms. The topological polar surface area (TPSA) is 75.2 Å². The van der Waals surface area contributed by atoms with Crippen LogP contribution in [0.4, 0.5) is 0 Å². The Balaban J connectivity index is 2.01. The maximum absolute atomic E-state index is 5.84. The second-order valence-electron chi connectivity index (χ2n) is 5.66. The van der Waals surface area contributed by atoms with Crippen molar-refractivity contribution >= 4 is 0 Å². The van der Waals surface area contributed by atoms with Crippen LogP contribution in [0.5, 0.6) is 11.5 Å². The summed E-state index contributed by atoms with van der Waals surface area (Å²) >= 11 is 0. The third kappa shape index (κ3) is 3.03. The Morgan fingerprint density at radius 3 is 2.52 bits per heavy atom. The molecule has 2 aromatic rings. The fraction of sp³-hybridized carbons (Fsp3) is 0.529. The lowest BCUT2D eigenvalue weighted by molar-refractivity contribution is 0.287. The summed E-state index contributed by atoms with van der Waals surface area (Å²) in [5, 5.41) is 8.59. The van der Waals surface area contributed by atoms with Crippen LogP contribution in [0, 0.1) is 0 Å². The van der Waals surface area contributed by atoms with Gasteiger partial charge in [0.05, 0.1) is 24.6 Å². The number of hydrogen-bond donors (Lipinski definition) is 1. The number of rotatable bonds is 7. The summed E-state index contributed by atoms with van der Waals surface area (Å²) in [6, 6.07) is 5.88. The molecule has 23 heavy (non-hydrogen) atoms. The number of nitrogens with zero attached hydrogens (tertiary/aromatic N) is 3. The van der Waals surface area contributed by atoms with Gasteiger partial charge in [0, 0.05) is 18.5 Å². The minimum atomic E-state index is 0.418. The number of ether oxygens (including phenoxy) is 2. The maximum atomic E-state index is 5.84. The highest BCUT2D eigenvalue weighted by Gasteiger charge is 2.28. The normalized spacial score (nSPS) is 14.6. The van der Waals surface area contributed by atoms with E-state index in [4.69, 9.17) is 15.2 Å². The Bertz CT molecular complexity index is 665. The highest BCUT2D eigenvalue weighted by Crippen LogP contribution is 2.39. The molecule has 0 aliphatic heterocycles. The zero-order valence-electron chi connectivity index (χ0n) is 13.8. The van der Waals surface area contributed by atoms with Gasteiger partial charge in [-0.3, -0.25) is 0 Å². The Hall–Kier alpha value is -2.08. The van der Waals surface area contributed by atoms with Gasteiger partial charge in [-0.25, -0.2) is 4.68 Å². The van der Waals surface area contributed by atoms with Gasteiger partial charge in [0.15, 0.2) is 11.5 Å². The molecule has 0 bridgehead atoms. The molecule has 2 N–H and O–H groups in total. The highest BCUT2D eigenvalue weighted by molar-refractivity contribution is 5.49. The standard InChI is InChI=1S/C17H24N4O2/c1-3-22-15-9-8-13(10-16(15)23-4-2)21-17(12-6-5-7-12)14(11-18)19-20-21/h8-10,12H,3-7,11,18H2,1-2H3. The van der Waals surface area contributed by atoms with E-state index in [2.05, 4.69) is 10.3 Å². The first-order valence-electron chi connectivity index (χ1n) is 8.33. The van der Waals surface area contributed by atoms with Crippen LogP contribution in [-0.2, 0) is 6.54 Å². The molecule has 3 rings (SSSR count). The van der Waals surface area contributed by atoms with E-state index in [9.17, 15) is 0 Å². The average Bonchev–Trinajstić information content (AvgIpc) is 2.91. The van der Waals surface area contributed by atoms with E-state index >= 15 is 0 Å². The third-order valence-electron chi connectivity index (χ3n) is 4.24. The Labute approximate surface area is 136 Å². The molecule has 6 nitrogen and oxygen atoms in total. The first-order valence-corrected chi connectivity index (χ1v) is 8.33. The summed E-state index contributed by atoms with van der Waals surface area (Å²) in [6.07, 6.45) is 3.61. The highest BCUT2D eigenvalue weighted by atomic mass is 16.5. The van der Waals surface area contributed by atoms with Crippen LogP contribution in [0.15, 0.2) is 18.2 Å². The van der Waals surface area contributed by atoms with Gasteiger partial charge in [-0.2, -0.15) is 0 Å². The smallest absolute Gasteiger partial charge is 0.163 e. The molecule has 1 saturated carbocycles. The van der Waals surface area contributed by atoms with Gasteiger partial charge in [-0.15, -0.1) is 5.10 Å². The van der Waals surface area contributed by atoms with E-state index < -0.39 is 0 Å². The lowest BCUT2D eigenvalue weighted by Gasteiger charge is -2.26. The van der Waals surface area contributed by atoms with Crippen molar-refractivity contribution in [1.29, 1.82) is 0 Å². The van der Waals surface area contributed by atoms with Crippen molar-refractivity contribution in [2.75, 3.05) is 13.2 Å². The first kappa shape index (κ1) is 15.8. The predicted octanol–water partition coefficient (Wildman–Crippen LogP) is 2.79. The molecular weight excluding hydrogens is 292 g/mol. The number of hydrogen-bond acceptors (Lipinski definition) is 5. The van der Waals surface area contributed by atoms with Gasteiger partial charge in [0.2, 0.25) is 0 Å². The van der Waals surface area contributed by atoms with Gasteiger partial charge in [0.1, 0.15) is 5.69 Å². The van der Waals surface area contributed by atoms with Gasteiger partial charge in [-0.05, 0) is 38.8 Å². The van der Waals surface area contributed by atoms with Crippen LogP contribution in [0.3, 0.4) is 0 Å². The monoisotopic (exact) mass is 316 g/mol. The summed E-state index contributed by atoms with van der Waals surface area (Å²) in [6.45, 7) is 5.53. The van der Waals surface area contributed by atoms with Crippen molar-refractivity contribution in [3.05, 3.63) is 29.6 Å². The van der Waals surface area contributed by atoms with Gasteiger partial charge < -0.3 is 15.2 Å². The van der Waals surface area contributed by atoms with Crippen LogP contribution < -0.4 is 15.2 Å². The van der Waals surface area contributed by atoms with Crippen LogP contribution >= 0.6 is 0 Å². The van der Waals surface area contributed by atoms with E-state index in [1.54, 1.807) is 0 Å². The van der Waals surface area contributed by atoms with Crippen molar-refractivity contribution in [2.24, 2.45) is 5.73 Å². The average molecular weight is 316 g/mol. The molecule has 1 heterocycles. The fourth-order valence-corrected chi connectivity index (χ4v) is 2.92. The molecular formula is C17H24N4O2. The summed E-state index contributed by atoms with van der Waals surface area (Å²) in [5.41, 5.74) is 8.81. The third-order valence-corrected chi connectivity index (χ3v) is 4.24. The second-order valence-corrected chi connectivity index (χ2v) is 5.66. The van der Waals surface area contributed by atoms with Crippen molar-refractivity contribution < 1.29 is 9.47 Å². The van der Waals surface area contributed by atoms with Crippen LogP contribution in [0.1, 0.15) is 50.4 Å². The quantitative estimate of drug-likeness (QED) is 0.850. The Morgan fingerprint density at radius 1 is 1.17 bits per heavy atom. The van der Waals surface area contributed by atoms with Crippen molar-refractivity contribution in [1.82, 2.24) is 15.0 Å². The molecule has 1 aromatic heterocycles. The molecule has 6 heteroatoms. The van der Waals surface area contributed by atoms with Crippen LogP contribution in [-0.4, -0.2) is 28.2 Å². The molecule has 0 saturated heterocycles. The van der Waals surface area contributed by atoms with E-state index in [1.165, 1.54) is 19.3 Å². The van der Waals surface area contributed by atoms with Crippen molar-refractivity contribution in [2.45, 2.75) is 45.6 Å². The molecule has 124 valence electrons.